The van der Waals surface area contributed by atoms with Gasteiger partial charge in [0, 0.05) is 5.56 Å². The van der Waals surface area contributed by atoms with Crippen molar-refractivity contribution in [3.05, 3.63) is 77.4 Å². The molecule has 0 unspecified atom stereocenters. The Morgan fingerprint density at radius 1 is 1.27 bits per heavy atom. The van der Waals surface area contributed by atoms with Crippen molar-refractivity contribution in [3.63, 3.8) is 0 Å². The number of nitrogens with two attached hydrogens (primary N) is 1. The number of fused-ring (bicyclic) bond motifs is 5. The molecule has 0 heterocycles. The van der Waals surface area contributed by atoms with Crippen LogP contribution in [0.1, 0.15) is 65.6 Å². The van der Waals surface area contributed by atoms with Gasteiger partial charge >= 0.3 is 0 Å². The van der Waals surface area contributed by atoms with Crippen LogP contribution in [0.15, 0.2) is 55.1 Å². The first-order valence-corrected chi connectivity index (χ1v) is 12.3. The van der Waals surface area contributed by atoms with E-state index < -0.39 is 5.91 Å². The van der Waals surface area contributed by atoms with E-state index in [4.69, 9.17) is 10.5 Å². The summed E-state index contributed by atoms with van der Waals surface area (Å²) in [6, 6.07) is 14.2. The summed E-state index contributed by atoms with van der Waals surface area (Å²) in [7, 11) is 0. The van der Waals surface area contributed by atoms with Crippen LogP contribution >= 0.6 is 0 Å². The Morgan fingerprint density at radius 2 is 2.12 bits per heavy atom. The summed E-state index contributed by atoms with van der Waals surface area (Å²) in [5, 5.41) is 11.5. The molecule has 3 aliphatic carbocycles. The maximum atomic E-state index is 11.6. The van der Waals surface area contributed by atoms with Crippen LogP contribution in [0.25, 0.3) is 0 Å². The van der Waals surface area contributed by atoms with Crippen molar-refractivity contribution < 1.29 is 14.6 Å². The lowest BCUT2D eigenvalue weighted by Gasteiger charge is -2.50. The minimum Gasteiger partial charge on any atom is -0.490 e. The minimum absolute atomic E-state index is 0.0301. The molecule has 174 valence electrons. The van der Waals surface area contributed by atoms with Gasteiger partial charge in [0.05, 0.1) is 6.10 Å². The van der Waals surface area contributed by atoms with E-state index in [1.165, 1.54) is 17.5 Å². The van der Waals surface area contributed by atoms with Gasteiger partial charge < -0.3 is 15.6 Å². The number of aliphatic hydroxyl groups is 1. The Kier molecular flexibility index (Phi) is 5.82. The van der Waals surface area contributed by atoms with Crippen LogP contribution in [-0.4, -0.2) is 23.7 Å². The molecule has 2 aromatic carbocycles. The van der Waals surface area contributed by atoms with Crippen LogP contribution in [0.5, 0.6) is 5.75 Å². The van der Waals surface area contributed by atoms with Gasteiger partial charge in [-0.25, -0.2) is 0 Å². The van der Waals surface area contributed by atoms with Gasteiger partial charge in [-0.2, -0.15) is 0 Å². The minimum atomic E-state index is -0.397. The number of carbonyl (C=O) groups is 1. The van der Waals surface area contributed by atoms with Gasteiger partial charge in [0.15, 0.2) is 0 Å². The quantitative estimate of drug-likeness (QED) is 0.612. The number of aliphatic hydroxyl groups excluding tert-OH is 1. The van der Waals surface area contributed by atoms with Crippen molar-refractivity contribution in [1.82, 2.24) is 0 Å². The molecule has 0 bridgehead atoms. The number of hydrogen-bond acceptors (Lipinski definition) is 3. The highest BCUT2D eigenvalue weighted by Crippen LogP contribution is 2.62. The molecule has 0 spiro atoms. The number of ether oxygens (including phenoxy) is 1. The lowest BCUT2D eigenvalue weighted by atomic mass is 9.55. The van der Waals surface area contributed by atoms with E-state index in [0.29, 0.717) is 29.9 Å². The zero-order valence-electron chi connectivity index (χ0n) is 19.5. The second kappa shape index (κ2) is 8.64. The number of hydrogen-bond donors (Lipinski definition) is 2. The maximum Gasteiger partial charge on any atom is 0.248 e. The third-order valence-electron chi connectivity index (χ3n) is 8.89. The molecular weight excluding hydrogens is 410 g/mol. The first-order chi connectivity index (χ1) is 15.9. The van der Waals surface area contributed by atoms with Crippen LogP contribution in [-0.2, 0) is 12.8 Å². The normalized spacial score (nSPS) is 32.4. The van der Waals surface area contributed by atoms with Crippen molar-refractivity contribution in [2.45, 2.75) is 57.5 Å². The Labute approximate surface area is 196 Å². The summed E-state index contributed by atoms with van der Waals surface area (Å²) in [5.41, 5.74) is 10.0. The summed E-state index contributed by atoms with van der Waals surface area (Å²) in [6.07, 6.45) is 7.78. The molecule has 0 aliphatic heterocycles. The number of benzene rings is 2. The molecule has 0 saturated heterocycles. The Bertz CT molecular complexity index is 1060. The molecule has 3 aliphatic rings. The zero-order valence-corrected chi connectivity index (χ0v) is 19.5. The lowest BCUT2D eigenvalue weighted by molar-refractivity contribution is -0.0325. The average Bonchev–Trinajstić information content (AvgIpc) is 3.07. The van der Waals surface area contributed by atoms with Crippen molar-refractivity contribution in [2.24, 2.45) is 28.9 Å². The van der Waals surface area contributed by atoms with Crippen molar-refractivity contribution >= 4 is 5.91 Å². The Morgan fingerprint density at radius 3 is 2.91 bits per heavy atom. The summed E-state index contributed by atoms with van der Waals surface area (Å²) in [5.74, 6) is 2.48. The fourth-order valence-corrected chi connectivity index (χ4v) is 7.31. The number of amides is 1. The summed E-state index contributed by atoms with van der Waals surface area (Å²) in [6.45, 7) is 6.59. The molecule has 4 nitrogen and oxygen atoms in total. The van der Waals surface area contributed by atoms with Crippen LogP contribution in [0.4, 0.5) is 0 Å². The van der Waals surface area contributed by atoms with Gasteiger partial charge in [-0.05, 0) is 109 Å². The van der Waals surface area contributed by atoms with E-state index in [9.17, 15) is 9.90 Å². The zero-order chi connectivity index (χ0) is 23.2. The van der Waals surface area contributed by atoms with E-state index in [0.717, 1.165) is 43.4 Å². The molecule has 1 amide bonds. The molecule has 0 radical (unpaired) electrons. The van der Waals surface area contributed by atoms with E-state index in [1.54, 1.807) is 12.1 Å². The van der Waals surface area contributed by atoms with E-state index >= 15 is 0 Å². The van der Waals surface area contributed by atoms with Gasteiger partial charge in [0.2, 0.25) is 5.91 Å². The fraction of sp³-hybridized carbons (Fsp3) is 0.483. The Hall–Kier alpha value is -2.59. The number of carbonyl (C=O) groups excluding carboxylic acids is 1. The molecule has 3 N–H and O–H groups in total. The molecule has 5 rings (SSSR count). The van der Waals surface area contributed by atoms with Gasteiger partial charge in [-0.3, -0.25) is 4.79 Å². The van der Waals surface area contributed by atoms with Gasteiger partial charge in [-0.15, -0.1) is 0 Å². The summed E-state index contributed by atoms with van der Waals surface area (Å²) < 4.78 is 5.77. The molecule has 2 saturated carbocycles. The molecule has 2 aromatic rings. The highest BCUT2D eigenvalue weighted by Gasteiger charge is 2.57. The predicted molar refractivity (Wildman–Crippen MR) is 130 cm³/mol. The highest BCUT2D eigenvalue weighted by atomic mass is 16.5. The first kappa shape index (κ1) is 22.2. The Balaban J connectivity index is 1.36. The highest BCUT2D eigenvalue weighted by molar-refractivity contribution is 5.92. The lowest BCUT2D eigenvalue weighted by Crippen LogP contribution is -2.44. The third-order valence-corrected chi connectivity index (χ3v) is 8.89. The molecular formula is C29H35NO3. The first-order valence-electron chi connectivity index (χ1n) is 12.3. The molecule has 2 fully saturated rings. The van der Waals surface area contributed by atoms with E-state index in [-0.39, 0.29) is 17.4 Å². The maximum absolute atomic E-state index is 11.6. The second-order valence-electron chi connectivity index (χ2n) is 10.6. The van der Waals surface area contributed by atoms with E-state index in [2.05, 4.69) is 37.8 Å². The standard InChI is InChI=1S/C29H35NO3/c1-3-13-33-22-8-10-23-19(16-22)7-9-25-24(23)11-12-29(2)26(25)17-21(27(29)31)15-18-5-4-6-20(14-18)28(30)32/h3-6,8,10,14,16,21,24-27,31H,1,7,9,11-13,15,17H2,2H3,(H2,30,32)/t21-,24+,25+,26-,27-,29-/m0/s1. The monoisotopic (exact) mass is 445 g/mol. The predicted octanol–water partition coefficient (Wildman–Crippen LogP) is 5.04. The SMILES string of the molecule is C=CCOc1ccc2c(c1)CC[C@@H]1[C@@H]2CC[C@]2(C)[C@@H](O)[C@@H](Cc3cccc(C(N)=O)c3)C[C@@H]12. The largest absolute Gasteiger partial charge is 0.490 e. The third kappa shape index (κ3) is 3.89. The van der Waals surface area contributed by atoms with Crippen LogP contribution in [0.3, 0.4) is 0 Å². The van der Waals surface area contributed by atoms with Crippen LogP contribution in [0, 0.1) is 23.2 Å². The van der Waals surface area contributed by atoms with Gasteiger partial charge in [-0.1, -0.05) is 37.8 Å². The van der Waals surface area contributed by atoms with Crippen LogP contribution in [0.2, 0.25) is 0 Å². The van der Waals surface area contributed by atoms with Crippen molar-refractivity contribution in [3.8, 4) is 5.75 Å². The number of rotatable bonds is 6. The van der Waals surface area contributed by atoms with Gasteiger partial charge in [0.25, 0.3) is 0 Å². The van der Waals surface area contributed by atoms with Crippen molar-refractivity contribution in [1.29, 1.82) is 0 Å². The number of aryl methyl sites for hydroxylation is 1. The number of primary amides is 1. The fourth-order valence-electron chi connectivity index (χ4n) is 7.31. The van der Waals surface area contributed by atoms with E-state index in [1.807, 2.05) is 12.1 Å². The molecule has 0 aromatic heterocycles. The smallest absolute Gasteiger partial charge is 0.248 e. The topological polar surface area (TPSA) is 72.6 Å². The van der Waals surface area contributed by atoms with Gasteiger partial charge in [0.1, 0.15) is 12.4 Å². The summed E-state index contributed by atoms with van der Waals surface area (Å²) in [4.78, 5) is 11.6. The van der Waals surface area contributed by atoms with Crippen LogP contribution < -0.4 is 10.5 Å². The molecule has 4 heteroatoms. The average molecular weight is 446 g/mol. The molecule has 6 atom stereocenters. The van der Waals surface area contributed by atoms with Crippen molar-refractivity contribution in [2.75, 3.05) is 6.61 Å². The summed E-state index contributed by atoms with van der Waals surface area (Å²) >= 11 is 0. The second-order valence-corrected chi connectivity index (χ2v) is 10.6. The molecule has 33 heavy (non-hydrogen) atoms.